The van der Waals surface area contributed by atoms with Crippen molar-refractivity contribution in [3.63, 3.8) is 0 Å². The Morgan fingerprint density at radius 1 is 1.04 bits per heavy atom. The highest BCUT2D eigenvalue weighted by atomic mass is 19.1. The highest BCUT2D eigenvalue weighted by Gasteiger charge is 2.10. The fourth-order valence-electron chi connectivity index (χ4n) is 2.27. The predicted molar refractivity (Wildman–Crippen MR) is 94.8 cm³/mol. The van der Waals surface area contributed by atoms with Crippen LogP contribution in [0.1, 0.15) is 10.4 Å². The number of carbonyl (C=O) groups excluding carboxylic acids is 1. The average molecular weight is 355 g/mol. The van der Waals surface area contributed by atoms with Crippen LogP contribution in [0.3, 0.4) is 0 Å². The first-order valence-electron chi connectivity index (χ1n) is 7.69. The lowest BCUT2D eigenvalue weighted by molar-refractivity contribution is 0.102. The molecule has 2 aromatic carbocycles. The van der Waals surface area contributed by atoms with Crippen molar-refractivity contribution in [1.29, 1.82) is 0 Å². The number of halogens is 2. The number of pyridine rings is 1. The summed E-state index contributed by atoms with van der Waals surface area (Å²) < 4.78 is 31.8. The summed E-state index contributed by atoms with van der Waals surface area (Å²) in [6.07, 6.45) is 1.36. The van der Waals surface area contributed by atoms with Crippen molar-refractivity contribution in [1.82, 2.24) is 4.98 Å². The Kier molecular flexibility index (Phi) is 5.07. The normalized spacial score (nSPS) is 10.3. The Labute approximate surface area is 148 Å². The number of benzene rings is 2. The second-order valence-electron chi connectivity index (χ2n) is 5.34. The van der Waals surface area contributed by atoms with Gasteiger partial charge in [0, 0.05) is 12.3 Å². The number of amides is 1. The number of ether oxygens (including phenoxy) is 1. The minimum absolute atomic E-state index is 0.0881. The highest BCUT2D eigenvalue weighted by Crippen LogP contribution is 2.24. The summed E-state index contributed by atoms with van der Waals surface area (Å²) in [6, 6.07) is 13.3. The third-order valence-corrected chi connectivity index (χ3v) is 3.57. The second-order valence-corrected chi connectivity index (χ2v) is 5.34. The SMILES string of the molecule is COc1ccccc1NC(=O)c1ccc(Nc2ccc(F)cc2F)nc1. The first-order valence-corrected chi connectivity index (χ1v) is 7.69. The van der Waals surface area contributed by atoms with E-state index in [-0.39, 0.29) is 11.6 Å². The molecule has 0 spiro atoms. The van der Waals surface area contributed by atoms with Gasteiger partial charge >= 0.3 is 0 Å². The van der Waals surface area contributed by atoms with Crippen molar-refractivity contribution < 1.29 is 18.3 Å². The van der Waals surface area contributed by atoms with E-state index < -0.39 is 11.6 Å². The van der Waals surface area contributed by atoms with E-state index in [1.165, 1.54) is 25.4 Å². The monoisotopic (exact) mass is 355 g/mol. The molecule has 132 valence electrons. The van der Waals surface area contributed by atoms with Gasteiger partial charge in [-0.05, 0) is 36.4 Å². The molecule has 0 saturated heterocycles. The van der Waals surface area contributed by atoms with Gasteiger partial charge in [0.25, 0.3) is 5.91 Å². The van der Waals surface area contributed by atoms with Crippen LogP contribution < -0.4 is 15.4 Å². The molecule has 1 amide bonds. The number of para-hydroxylation sites is 2. The molecule has 1 heterocycles. The van der Waals surface area contributed by atoms with Crippen LogP contribution in [-0.2, 0) is 0 Å². The smallest absolute Gasteiger partial charge is 0.257 e. The molecule has 0 saturated carbocycles. The maximum absolute atomic E-state index is 13.7. The van der Waals surface area contributed by atoms with Crippen molar-refractivity contribution >= 4 is 23.1 Å². The molecule has 0 aliphatic carbocycles. The number of hydrogen-bond donors (Lipinski definition) is 2. The van der Waals surface area contributed by atoms with Gasteiger partial charge in [0.2, 0.25) is 0 Å². The number of rotatable bonds is 5. The Bertz CT molecular complexity index is 930. The summed E-state index contributed by atoms with van der Waals surface area (Å²) in [6.45, 7) is 0. The predicted octanol–water partition coefficient (Wildman–Crippen LogP) is 4.36. The zero-order valence-electron chi connectivity index (χ0n) is 13.8. The zero-order valence-corrected chi connectivity index (χ0v) is 13.8. The van der Waals surface area contributed by atoms with Gasteiger partial charge in [0.05, 0.1) is 24.0 Å². The maximum atomic E-state index is 13.7. The Morgan fingerprint density at radius 2 is 1.85 bits per heavy atom. The second kappa shape index (κ2) is 7.60. The summed E-state index contributed by atoms with van der Waals surface area (Å²) in [4.78, 5) is 16.4. The molecule has 7 heteroatoms. The molecule has 0 atom stereocenters. The first kappa shape index (κ1) is 17.3. The molecule has 0 radical (unpaired) electrons. The van der Waals surface area contributed by atoms with Crippen molar-refractivity contribution in [2.45, 2.75) is 0 Å². The van der Waals surface area contributed by atoms with Gasteiger partial charge in [-0.15, -0.1) is 0 Å². The van der Waals surface area contributed by atoms with Crippen molar-refractivity contribution in [2.75, 3.05) is 17.7 Å². The molecular weight excluding hydrogens is 340 g/mol. The molecule has 0 fully saturated rings. The Morgan fingerprint density at radius 3 is 2.54 bits per heavy atom. The molecular formula is C19H15F2N3O2. The van der Waals surface area contributed by atoms with E-state index in [2.05, 4.69) is 15.6 Å². The van der Waals surface area contributed by atoms with Crippen LogP contribution in [0.15, 0.2) is 60.8 Å². The number of carbonyl (C=O) groups is 1. The van der Waals surface area contributed by atoms with E-state index in [0.29, 0.717) is 22.8 Å². The van der Waals surface area contributed by atoms with Crippen LogP contribution in [0.4, 0.5) is 26.0 Å². The van der Waals surface area contributed by atoms with Gasteiger partial charge in [0.15, 0.2) is 0 Å². The minimum Gasteiger partial charge on any atom is -0.495 e. The van der Waals surface area contributed by atoms with Crippen LogP contribution in [-0.4, -0.2) is 18.0 Å². The number of nitrogens with one attached hydrogen (secondary N) is 2. The standard InChI is InChI=1S/C19H15F2N3O2/c1-26-17-5-3-2-4-16(17)24-19(25)12-6-9-18(22-11-12)23-15-8-7-13(20)10-14(15)21/h2-11H,1H3,(H,22,23)(H,24,25). The quantitative estimate of drug-likeness (QED) is 0.714. The van der Waals surface area contributed by atoms with E-state index >= 15 is 0 Å². The maximum Gasteiger partial charge on any atom is 0.257 e. The lowest BCUT2D eigenvalue weighted by Gasteiger charge is -2.10. The summed E-state index contributed by atoms with van der Waals surface area (Å²) >= 11 is 0. The molecule has 0 aliphatic rings. The number of nitrogens with zero attached hydrogens (tertiary/aromatic N) is 1. The van der Waals surface area contributed by atoms with Gasteiger partial charge in [-0.1, -0.05) is 12.1 Å². The average Bonchev–Trinajstić information content (AvgIpc) is 2.65. The molecule has 26 heavy (non-hydrogen) atoms. The van der Waals surface area contributed by atoms with E-state index in [1.54, 1.807) is 30.3 Å². The molecule has 5 nitrogen and oxygen atoms in total. The lowest BCUT2D eigenvalue weighted by Crippen LogP contribution is -2.13. The fourth-order valence-corrected chi connectivity index (χ4v) is 2.27. The molecule has 0 unspecified atom stereocenters. The number of anilines is 3. The molecule has 3 aromatic rings. The molecule has 3 rings (SSSR count). The topological polar surface area (TPSA) is 63.2 Å². The number of methoxy groups -OCH3 is 1. The fraction of sp³-hybridized carbons (Fsp3) is 0.0526. The third-order valence-electron chi connectivity index (χ3n) is 3.57. The molecule has 1 aromatic heterocycles. The van der Waals surface area contributed by atoms with Gasteiger partial charge < -0.3 is 15.4 Å². The molecule has 0 aliphatic heterocycles. The molecule has 0 bridgehead atoms. The number of hydrogen-bond acceptors (Lipinski definition) is 4. The summed E-state index contributed by atoms with van der Waals surface area (Å²) in [5.74, 6) is -0.890. The number of aromatic nitrogens is 1. The van der Waals surface area contributed by atoms with Gasteiger partial charge in [0.1, 0.15) is 23.2 Å². The van der Waals surface area contributed by atoms with Crippen LogP contribution in [0, 0.1) is 11.6 Å². The minimum atomic E-state index is -0.732. The van der Waals surface area contributed by atoms with E-state index in [1.807, 2.05) is 0 Å². The van der Waals surface area contributed by atoms with E-state index in [4.69, 9.17) is 4.74 Å². The van der Waals surface area contributed by atoms with Crippen LogP contribution in [0.5, 0.6) is 5.75 Å². The van der Waals surface area contributed by atoms with Crippen LogP contribution >= 0.6 is 0 Å². The van der Waals surface area contributed by atoms with Crippen molar-refractivity contribution in [3.8, 4) is 5.75 Å². The van der Waals surface area contributed by atoms with Gasteiger partial charge in [-0.2, -0.15) is 0 Å². The van der Waals surface area contributed by atoms with E-state index in [9.17, 15) is 13.6 Å². The third kappa shape index (κ3) is 3.94. The van der Waals surface area contributed by atoms with Crippen LogP contribution in [0.25, 0.3) is 0 Å². The summed E-state index contributed by atoms with van der Waals surface area (Å²) in [7, 11) is 1.52. The van der Waals surface area contributed by atoms with Crippen molar-refractivity contribution in [2.24, 2.45) is 0 Å². The van der Waals surface area contributed by atoms with Crippen molar-refractivity contribution in [3.05, 3.63) is 78.0 Å². The summed E-state index contributed by atoms with van der Waals surface area (Å²) in [5.41, 5.74) is 0.946. The van der Waals surface area contributed by atoms with E-state index in [0.717, 1.165) is 12.1 Å². The Balaban J connectivity index is 1.71. The lowest BCUT2D eigenvalue weighted by atomic mass is 10.2. The summed E-state index contributed by atoms with van der Waals surface area (Å²) in [5, 5.41) is 5.47. The van der Waals surface area contributed by atoms with Gasteiger partial charge in [-0.25, -0.2) is 13.8 Å². The first-order chi connectivity index (χ1) is 12.6. The Hall–Kier alpha value is -3.48. The van der Waals surface area contributed by atoms with Crippen LogP contribution in [0.2, 0.25) is 0 Å². The molecule has 2 N–H and O–H groups in total. The highest BCUT2D eigenvalue weighted by molar-refractivity contribution is 6.04. The van der Waals surface area contributed by atoms with Gasteiger partial charge in [-0.3, -0.25) is 4.79 Å². The largest absolute Gasteiger partial charge is 0.495 e. The zero-order chi connectivity index (χ0) is 18.5.